The Kier molecular flexibility index (Phi) is 6.57. The van der Waals surface area contributed by atoms with Gasteiger partial charge in [-0.15, -0.1) is 12.4 Å². The summed E-state index contributed by atoms with van der Waals surface area (Å²) < 4.78 is 34.9. The summed E-state index contributed by atoms with van der Waals surface area (Å²) in [4.78, 5) is 1.73. The van der Waals surface area contributed by atoms with E-state index in [2.05, 4.69) is 5.32 Å². The number of ether oxygens (including phenoxy) is 1. The molecule has 138 valence electrons. The zero-order valence-corrected chi connectivity index (χ0v) is 14.9. The lowest BCUT2D eigenvalue weighted by Crippen LogP contribution is -2.51. The van der Waals surface area contributed by atoms with E-state index in [-0.39, 0.29) is 12.4 Å². The number of nitrogens with one attached hydrogen (secondary N) is 1. The highest BCUT2D eigenvalue weighted by Gasteiger charge is 2.46. The minimum absolute atomic E-state index is 0. The van der Waals surface area contributed by atoms with Crippen molar-refractivity contribution in [1.82, 2.24) is 10.2 Å². The van der Waals surface area contributed by atoms with Crippen LogP contribution in [0.15, 0.2) is 36.4 Å². The molecule has 7 heteroatoms. The van der Waals surface area contributed by atoms with E-state index in [9.17, 15) is 13.9 Å². The number of methoxy groups -OCH3 is 1. The summed E-state index contributed by atoms with van der Waals surface area (Å²) in [6, 6.07) is 9.79. The Morgan fingerprint density at radius 2 is 1.88 bits per heavy atom. The number of alkyl halides is 2. The largest absolute Gasteiger partial charge is 0.496 e. The Morgan fingerprint density at radius 1 is 1.20 bits per heavy atom. The molecule has 4 nitrogen and oxygen atoms in total. The summed E-state index contributed by atoms with van der Waals surface area (Å²) in [5.74, 6) is -2.85. The van der Waals surface area contributed by atoms with Crippen molar-refractivity contribution in [3.63, 3.8) is 0 Å². The van der Waals surface area contributed by atoms with Gasteiger partial charge in [0.2, 0.25) is 0 Å². The average Bonchev–Trinajstić information content (AvgIpc) is 2.63. The molecule has 1 heterocycles. The van der Waals surface area contributed by atoms with Crippen LogP contribution >= 0.6 is 12.4 Å². The molecule has 1 aliphatic rings. The zero-order valence-electron chi connectivity index (χ0n) is 14.0. The van der Waals surface area contributed by atoms with Gasteiger partial charge in [-0.25, -0.2) is 8.78 Å². The monoisotopic (exact) mass is 372 g/mol. The number of piperazine rings is 1. The van der Waals surface area contributed by atoms with E-state index in [1.54, 1.807) is 11.0 Å². The molecule has 1 fully saturated rings. The van der Waals surface area contributed by atoms with Crippen LogP contribution in [0.1, 0.15) is 11.6 Å². The van der Waals surface area contributed by atoms with Gasteiger partial charge in [-0.1, -0.05) is 30.3 Å². The molecule has 0 saturated carbocycles. The molecule has 1 atom stereocenters. The Bertz CT molecular complexity index is 709. The van der Waals surface area contributed by atoms with Gasteiger partial charge in [0, 0.05) is 31.7 Å². The molecule has 2 N–H and O–H groups in total. The fourth-order valence-corrected chi connectivity index (χ4v) is 3.42. The molecular weight excluding hydrogens is 350 g/mol. The van der Waals surface area contributed by atoms with Crippen LogP contribution in [0.2, 0.25) is 0 Å². The van der Waals surface area contributed by atoms with E-state index >= 15 is 0 Å². The van der Waals surface area contributed by atoms with E-state index in [0.717, 1.165) is 10.8 Å². The average molecular weight is 373 g/mol. The third kappa shape index (κ3) is 3.87. The standard InChI is InChI=1S/C18H22F2N2O2.ClH/c1-24-15-7-6-13-4-2-3-5-14(13)16(15)17(18(19,20)12-23)22-10-8-21-9-11-22;/h2-7,17,21,23H,8-12H2,1H3;1H/t17-;/m0./s1. The van der Waals surface area contributed by atoms with Crippen molar-refractivity contribution < 1.29 is 18.6 Å². The molecule has 1 aliphatic heterocycles. The normalized spacial score (nSPS) is 17.1. The van der Waals surface area contributed by atoms with Crippen LogP contribution < -0.4 is 10.1 Å². The second-order valence-corrected chi connectivity index (χ2v) is 6.01. The summed E-state index contributed by atoms with van der Waals surface area (Å²) in [6.07, 6.45) is 0. The van der Waals surface area contributed by atoms with Crippen LogP contribution in [-0.2, 0) is 0 Å². The van der Waals surface area contributed by atoms with Gasteiger partial charge in [-0.05, 0) is 16.8 Å². The van der Waals surface area contributed by atoms with Gasteiger partial charge < -0.3 is 15.2 Å². The lowest BCUT2D eigenvalue weighted by atomic mass is 9.92. The smallest absolute Gasteiger partial charge is 0.290 e. The fraction of sp³-hybridized carbons (Fsp3) is 0.444. The number of rotatable bonds is 5. The Balaban J connectivity index is 0.00000225. The van der Waals surface area contributed by atoms with E-state index in [4.69, 9.17) is 4.74 Å². The zero-order chi connectivity index (χ0) is 17.2. The summed E-state index contributed by atoms with van der Waals surface area (Å²) in [6.45, 7) is 1.07. The van der Waals surface area contributed by atoms with Crippen LogP contribution in [0.5, 0.6) is 5.75 Å². The maximum Gasteiger partial charge on any atom is 0.290 e. The number of fused-ring (bicyclic) bond motifs is 1. The van der Waals surface area contributed by atoms with Crippen molar-refractivity contribution in [2.24, 2.45) is 0 Å². The molecule has 0 bridgehead atoms. The van der Waals surface area contributed by atoms with E-state index in [1.165, 1.54) is 7.11 Å². The molecule has 25 heavy (non-hydrogen) atoms. The van der Waals surface area contributed by atoms with Gasteiger partial charge in [0.15, 0.2) is 0 Å². The number of hydrogen-bond donors (Lipinski definition) is 2. The SMILES string of the molecule is COc1ccc2ccccc2c1[C@H](N1CCNCC1)C(F)(F)CO.Cl. The second-order valence-electron chi connectivity index (χ2n) is 6.01. The second kappa shape index (κ2) is 8.27. The van der Waals surface area contributed by atoms with Gasteiger partial charge >= 0.3 is 0 Å². The first-order valence-corrected chi connectivity index (χ1v) is 8.07. The minimum atomic E-state index is -3.27. The van der Waals surface area contributed by atoms with Crippen LogP contribution in [0, 0.1) is 0 Å². The van der Waals surface area contributed by atoms with Crippen LogP contribution in [-0.4, -0.2) is 55.8 Å². The number of halogens is 3. The molecule has 0 unspecified atom stereocenters. The Morgan fingerprint density at radius 3 is 2.52 bits per heavy atom. The number of aliphatic hydroxyl groups is 1. The molecule has 0 spiro atoms. The topological polar surface area (TPSA) is 44.7 Å². The van der Waals surface area contributed by atoms with Crippen LogP contribution in [0.25, 0.3) is 10.8 Å². The van der Waals surface area contributed by atoms with E-state index < -0.39 is 18.6 Å². The summed E-state index contributed by atoms with van der Waals surface area (Å²) in [7, 11) is 1.49. The first kappa shape index (κ1) is 19.8. The maximum absolute atomic E-state index is 14.8. The minimum Gasteiger partial charge on any atom is -0.496 e. The van der Waals surface area contributed by atoms with Crippen molar-refractivity contribution in [2.75, 3.05) is 39.9 Å². The molecular formula is C18H23ClF2N2O2. The third-order valence-electron chi connectivity index (χ3n) is 4.55. The van der Waals surface area contributed by atoms with Crippen molar-refractivity contribution in [3.05, 3.63) is 42.0 Å². The Labute approximate surface area is 152 Å². The summed E-state index contributed by atoms with van der Waals surface area (Å²) in [5.41, 5.74) is 0.441. The van der Waals surface area contributed by atoms with Crippen molar-refractivity contribution in [1.29, 1.82) is 0 Å². The predicted molar refractivity (Wildman–Crippen MR) is 97.0 cm³/mol. The quantitative estimate of drug-likeness (QED) is 0.847. The van der Waals surface area contributed by atoms with Crippen molar-refractivity contribution in [2.45, 2.75) is 12.0 Å². The van der Waals surface area contributed by atoms with E-state index in [0.29, 0.717) is 37.5 Å². The molecule has 2 aromatic carbocycles. The third-order valence-corrected chi connectivity index (χ3v) is 4.55. The summed E-state index contributed by atoms with van der Waals surface area (Å²) in [5, 5.41) is 14.1. The van der Waals surface area contributed by atoms with E-state index in [1.807, 2.05) is 30.3 Å². The lowest BCUT2D eigenvalue weighted by molar-refractivity contribution is -0.118. The Hall–Kier alpha value is -1.47. The van der Waals surface area contributed by atoms with Gasteiger partial charge in [0.25, 0.3) is 5.92 Å². The molecule has 0 amide bonds. The number of aliphatic hydroxyl groups excluding tert-OH is 1. The first-order valence-electron chi connectivity index (χ1n) is 8.07. The molecule has 0 aliphatic carbocycles. The molecule has 0 radical (unpaired) electrons. The van der Waals surface area contributed by atoms with Gasteiger partial charge in [-0.2, -0.15) is 0 Å². The maximum atomic E-state index is 14.8. The van der Waals surface area contributed by atoms with Crippen LogP contribution in [0.4, 0.5) is 8.78 Å². The molecule has 2 aromatic rings. The highest BCUT2D eigenvalue weighted by Crippen LogP contribution is 2.44. The molecule has 0 aromatic heterocycles. The van der Waals surface area contributed by atoms with Gasteiger partial charge in [0.05, 0.1) is 7.11 Å². The number of benzene rings is 2. The highest BCUT2D eigenvalue weighted by atomic mass is 35.5. The van der Waals surface area contributed by atoms with Crippen molar-refractivity contribution in [3.8, 4) is 5.75 Å². The van der Waals surface area contributed by atoms with Gasteiger partial charge in [0.1, 0.15) is 18.4 Å². The predicted octanol–water partition coefficient (Wildman–Crippen LogP) is 2.84. The lowest BCUT2D eigenvalue weighted by Gasteiger charge is -2.39. The van der Waals surface area contributed by atoms with Crippen LogP contribution in [0.3, 0.4) is 0 Å². The fourth-order valence-electron chi connectivity index (χ4n) is 3.42. The number of nitrogens with zero attached hydrogens (tertiary/aromatic N) is 1. The number of hydrogen-bond acceptors (Lipinski definition) is 4. The van der Waals surface area contributed by atoms with Gasteiger partial charge in [-0.3, -0.25) is 4.90 Å². The molecule has 3 rings (SSSR count). The summed E-state index contributed by atoms with van der Waals surface area (Å²) >= 11 is 0. The van der Waals surface area contributed by atoms with Crippen molar-refractivity contribution >= 4 is 23.2 Å². The first-order chi connectivity index (χ1) is 11.6. The molecule has 1 saturated heterocycles. The highest BCUT2D eigenvalue weighted by molar-refractivity contribution is 5.88.